The molecule has 1 aromatic carbocycles. The number of likely N-dealkylation sites (tertiary alicyclic amines) is 1. The number of hydrogen-bond acceptors (Lipinski definition) is 3. The predicted octanol–water partition coefficient (Wildman–Crippen LogP) is 0.879. The molecule has 6 nitrogen and oxygen atoms in total. The van der Waals surface area contributed by atoms with Crippen molar-refractivity contribution in [2.45, 2.75) is 25.3 Å². The lowest BCUT2D eigenvalue weighted by molar-refractivity contribution is -0.852. The topological polar surface area (TPSA) is 71.9 Å². The van der Waals surface area contributed by atoms with E-state index in [1.165, 1.54) is 30.6 Å². The first-order chi connectivity index (χ1) is 12.1. The number of benzene rings is 1. The van der Waals surface area contributed by atoms with Crippen LogP contribution in [0.25, 0.3) is 0 Å². The van der Waals surface area contributed by atoms with Crippen molar-refractivity contribution >= 4 is 12.0 Å². The molecule has 2 fully saturated rings. The van der Waals surface area contributed by atoms with Crippen LogP contribution in [0.5, 0.6) is 0 Å². The molecule has 25 heavy (non-hydrogen) atoms. The van der Waals surface area contributed by atoms with Crippen molar-refractivity contribution in [1.82, 2.24) is 10.6 Å². The standard InChI is InChI=1S/C18H22FN3O3/c1-25-17(23)15-14(11-22-9-3-2-4-10-22)20-18(24)21-16(15)12-5-7-13(19)8-6-12/h5-8,11,15-16H,2-4,9-10H2,1H3,(H2,20,21,24)/p+1/b14-11+/t15-,16+/m1/s1. The lowest BCUT2D eigenvalue weighted by Gasteiger charge is -2.33. The molecule has 0 aliphatic carbocycles. The maximum atomic E-state index is 13.2. The molecule has 0 saturated carbocycles. The smallest absolute Gasteiger partial charge is 0.319 e. The average molecular weight is 348 g/mol. The van der Waals surface area contributed by atoms with Crippen LogP contribution in [0.1, 0.15) is 30.9 Å². The van der Waals surface area contributed by atoms with Crippen LogP contribution in [0.3, 0.4) is 0 Å². The fourth-order valence-electron chi connectivity index (χ4n) is 3.48. The fraction of sp³-hybridized carbons (Fsp3) is 0.444. The molecule has 0 radical (unpaired) electrons. The molecule has 0 unspecified atom stereocenters. The molecule has 3 rings (SSSR count). The Morgan fingerprint density at radius 2 is 1.92 bits per heavy atom. The SMILES string of the molecule is COC(=O)[C@@H]1/C(=C\[NH+]2CCCCC2)NC(=O)N[C@H]1c1ccc(F)cc1. The third-order valence-electron chi connectivity index (χ3n) is 4.75. The third-order valence-corrected chi connectivity index (χ3v) is 4.75. The zero-order valence-electron chi connectivity index (χ0n) is 14.2. The Kier molecular flexibility index (Phi) is 5.33. The first-order valence-electron chi connectivity index (χ1n) is 8.55. The van der Waals surface area contributed by atoms with Crippen molar-refractivity contribution in [3.8, 4) is 0 Å². The van der Waals surface area contributed by atoms with Gasteiger partial charge in [0.1, 0.15) is 17.9 Å². The minimum absolute atomic E-state index is 0.368. The Morgan fingerprint density at radius 3 is 2.56 bits per heavy atom. The number of amides is 2. The normalized spacial score (nSPS) is 26.0. The summed E-state index contributed by atoms with van der Waals surface area (Å²) in [5, 5.41) is 5.52. The highest BCUT2D eigenvalue weighted by molar-refractivity contribution is 5.85. The second kappa shape index (κ2) is 7.65. The van der Waals surface area contributed by atoms with Gasteiger partial charge in [-0.05, 0) is 37.0 Å². The molecule has 1 aromatic rings. The average Bonchev–Trinajstić information content (AvgIpc) is 2.62. The van der Waals surface area contributed by atoms with E-state index in [4.69, 9.17) is 4.74 Å². The van der Waals surface area contributed by atoms with Crippen molar-refractivity contribution in [3.63, 3.8) is 0 Å². The van der Waals surface area contributed by atoms with Gasteiger partial charge in [-0.15, -0.1) is 0 Å². The summed E-state index contributed by atoms with van der Waals surface area (Å²) in [7, 11) is 1.33. The Hall–Kier alpha value is -2.41. The van der Waals surface area contributed by atoms with Gasteiger partial charge in [-0.25, -0.2) is 9.18 Å². The molecule has 2 aliphatic rings. The van der Waals surface area contributed by atoms with Gasteiger partial charge in [-0.3, -0.25) is 4.79 Å². The predicted molar refractivity (Wildman–Crippen MR) is 88.9 cm³/mol. The van der Waals surface area contributed by atoms with Crippen LogP contribution in [0.2, 0.25) is 0 Å². The summed E-state index contributed by atoms with van der Waals surface area (Å²) in [5.74, 6) is -1.50. The Morgan fingerprint density at radius 1 is 1.24 bits per heavy atom. The maximum absolute atomic E-state index is 13.2. The van der Waals surface area contributed by atoms with Crippen LogP contribution in [-0.4, -0.2) is 32.2 Å². The molecule has 0 aromatic heterocycles. The number of nitrogens with one attached hydrogen (secondary N) is 3. The monoisotopic (exact) mass is 348 g/mol. The number of ether oxygens (including phenoxy) is 1. The van der Waals surface area contributed by atoms with E-state index in [0.29, 0.717) is 11.3 Å². The van der Waals surface area contributed by atoms with Crippen molar-refractivity contribution in [3.05, 3.63) is 47.5 Å². The van der Waals surface area contributed by atoms with Crippen molar-refractivity contribution in [1.29, 1.82) is 0 Å². The molecule has 2 amide bonds. The highest BCUT2D eigenvalue weighted by Crippen LogP contribution is 2.30. The second-order valence-corrected chi connectivity index (χ2v) is 6.45. The zero-order chi connectivity index (χ0) is 17.8. The molecule has 2 heterocycles. The summed E-state index contributed by atoms with van der Waals surface area (Å²) in [6.45, 7) is 1.95. The molecule has 2 saturated heterocycles. The summed E-state index contributed by atoms with van der Waals surface area (Å²) >= 11 is 0. The maximum Gasteiger partial charge on any atom is 0.319 e. The van der Waals surface area contributed by atoms with E-state index in [-0.39, 0.29) is 11.8 Å². The van der Waals surface area contributed by atoms with Crippen LogP contribution < -0.4 is 15.5 Å². The van der Waals surface area contributed by atoms with Crippen LogP contribution in [0.15, 0.2) is 36.2 Å². The molecular weight excluding hydrogens is 325 g/mol. The number of esters is 1. The largest absolute Gasteiger partial charge is 0.468 e. The Balaban J connectivity index is 1.95. The van der Waals surface area contributed by atoms with Crippen LogP contribution >= 0.6 is 0 Å². The second-order valence-electron chi connectivity index (χ2n) is 6.45. The van der Waals surface area contributed by atoms with E-state index in [1.807, 2.05) is 6.20 Å². The van der Waals surface area contributed by atoms with Crippen LogP contribution in [-0.2, 0) is 9.53 Å². The van der Waals surface area contributed by atoms with Gasteiger partial charge in [0.25, 0.3) is 0 Å². The summed E-state index contributed by atoms with van der Waals surface area (Å²) in [5.41, 5.74) is 1.20. The number of carbonyl (C=O) groups excluding carboxylic acids is 2. The lowest BCUT2D eigenvalue weighted by Crippen LogP contribution is -3.08. The van der Waals surface area contributed by atoms with Crippen LogP contribution in [0.4, 0.5) is 9.18 Å². The molecule has 0 spiro atoms. The van der Waals surface area contributed by atoms with Crippen molar-refractivity contribution < 1.29 is 23.6 Å². The summed E-state index contributed by atoms with van der Waals surface area (Å²) in [4.78, 5) is 25.8. The summed E-state index contributed by atoms with van der Waals surface area (Å²) in [6, 6.07) is 4.81. The molecule has 3 N–H and O–H groups in total. The molecule has 2 aliphatic heterocycles. The Bertz CT molecular complexity index is 669. The minimum Gasteiger partial charge on any atom is -0.468 e. The first-order valence-corrected chi connectivity index (χ1v) is 8.55. The highest BCUT2D eigenvalue weighted by atomic mass is 19.1. The molecule has 2 atom stereocenters. The summed E-state index contributed by atoms with van der Waals surface area (Å²) in [6.07, 6.45) is 5.38. The van der Waals surface area contributed by atoms with E-state index in [0.717, 1.165) is 25.9 Å². The number of quaternary nitrogens is 1. The van der Waals surface area contributed by atoms with Gasteiger partial charge >= 0.3 is 12.0 Å². The van der Waals surface area contributed by atoms with Crippen molar-refractivity contribution in [2.24, 2.45) is 5.92 Å². The van der Waals surface area contributed by atoms with E-state index in [2.05, 4.69) is 10.6 Å². The highest BCUT2D eigenvalue weighted by Gasteiger charge is 2.40. The van der Waals surface area contributed by atoms with E-state index in [1.54, 1.807) is 12.1 Å². The lowest BCUT2D eigenvalue weighted by atomic mass is 9.88. The number of rotatable bonds is 3. The quantitative estimate of drug-likeness (QED) is 0.710. The van der Waals surface area contributed by atoms with Gasteiger partial charge in [0.15, 0.2) is 0 Å². The Labute approximate surface area is 146 Å². The van der Waals surface area contributed by atoms with Gasteiger partial charge in [-0.2, -0.15) is 0 Å². The summed E-state index contributed by atoms with van der Waals surface area (Å²) < 4.78 is 18.2. The van der Waals surface area contributed by atoms with E-state index >= 15 is 0 Å². The van der Waals surface area contributed by atoms with Gasteiger partial charge < -0.3 is 20.3 Å². The van der Waals surface area contributed by atoms with Gasteiger partial charge in [0.05, 0.1) is 31.9 Å². The molecule has 0 bridgehead atoms. The number of piperidine rings is 1. The number of carbonyl (C=O) groups is 2. The van der Waals surface area contributed by atoms with E-state index < -0.39 is 17.9 Å². The number of methoxy groups -OCH3 is 1. The van der Waals surface area contributed by atoms with Crippen molar-refractivity contribution in [2.75, 3.05) is 20.2 Å². The molecule has 7 heteroatoms. The van der Waals surface area contributed by atoms with Gasteiger partial charge in [0, 0.05) is 0 Å². The molecule has 134 valence electrons. The number of halogens is 1. The zero-order valence-corrected chi connectivity index (χ0v) is 14.2. The molecular formula is C18H23FN3O3+. The van der Waals surface area contributed by atoms with Gasteiger partial charge in [-0.1, -0.05) is 12.1 Å². The van der Waals surface area contributed by atoms with Gasteiger partial charge in [0.2, 0.25) is 0 Å². The fourth-order valence-corrected chi connectivity index (χ4v) is 3.48. The first kappa shape index (κ1) is 17.4. The minimum atomic E-state index is -0.692. The number of hydrogen-bond donors (Lipinski definition) is 3. The third kappa shape index (κ3) is 3.99. The van der Waals surface area contributed by atoms with Crippen LogP contribution in [0, 0.1) is 11.7 Å². The number of urea groups is 1. The van der Waals surface area contributed by atoms with E-state index in [9.17, 15) is 14.0 Å².